The van der Waals surface area contributed by atoms with Crippen LogP contribution in [0.15, 0.2) is 18.2 Å². The van der Waals surface area contributed by atoms with Gasteiger partial charge in [-0.3, -0.25) is 9.69 Å². The van der Waals surface area contributed by atoms with E-state index >= 15 is 0 Å². The number of likely N-dealkylation sites (tertiary alicyclic amines) is 1. The second-order valence-electron chi connectivity index (χ2n) is 4.80. The summed E-state index contributed by atoms with van der Waals surface area (Å²) in [5.74, 6) is 0.631. The molecule has 0 bridgehead atoms. The zero-order valence-corrected chi connectivity index (χ0v) is 10.7. The van der Waals surface area contributed by atoms with E-state index in [2.05, 4.69) is 15.2 Å². The molecule has 1 saturated heterocycles. The summed E-state index contributed by atoms with van der Waals surface area (Å²) in [6.07, 6.45) is 2.00. The van der Waals surface area contributed by atoms with Gasteiger partial charge >= 0.3 is 0 Å². The maximum absolute atomic E-state index is 11.0. The summed E-state index contributed by atoms with van der Waals surface area (Å²) in [5, 5.41) is 2.97. The maximum atomic E-state index is 11.0. The van der Waals surface area contributed by atoms with Crippen LogP contribution in [-0.2, 0) is 11.3 Å². The number of aromatic nitrogens is 1. The van der Waals surface area contributed by atoms with Gasteiger partial charge in [-0.05, 0) is 25.0 Å². The Morgan fingerprint density at radius 2 is 2.22 bits per heavy atom. The number of hydrogen-bond donors (Lipinski definition) is 2. The fourth-order valence-electron chi connectivity index (χ4n) is 2.34. The molecule has 0 spiro atoms. The van der Waals surface area contributed by atoms with Crippen LogP contribution in [0.4, 0.5) is 5.82 Å². The Hall–Kier alpha value is -1.62. The molecule has 1 aromatic heterocycles. The molecular formula is C13H20N4O. The zero-order valence-electron chi connectivity index (χ0n) is 10.7. The second kappa shape index (κ2) is 5.82. The second-order valence-corrected chi connectivity index (χ2v) is 4.80. The van der Waals surface area contributed by atoms with Gasteiger partial charge in [0.15, 0.2) is 0 Å². The lowest BCUT2D eigenvalue weighted by Gasteiger charge is -2.31. The molecule has 0 aromatic carbocycles. The van der Waals surface area contributed by atoms with E-state index in [1.807, 2.05) is 12.1 Å². The van der Waals surface area contributed by atoms with E-state index in [0.29, 0.717) is 11.9 Å². The van der Waals surface area contributed by atoms with Crippen LogP contribution >= 0.6 is 0 Å². The SMILES string of the molecule is CC(=O)NC1CCN(Cc2cccc(N)n2)CC1. The molecular weight excluding hydrogens is 228 g/mol. The largest absolute Gasteiger partial charge is 0.384 e. The van der Waals surface area contributed by atoms with Crippen LogP contribution in [0.25, 0.3) is 0 Å². The quantitative estimate of drug-likeness (QED) is 0.828. The smallest absolute Gasteiger partial charge is 0.217 e. The first kappa shape index (κ1) is 12.8. The Bertz CT molecular complexity index is 413. The van der Waals surface area contributed by atoms with E-state index in [4.69, 9.17) is 5.73 Å². The first-order valence-electron chi connectivity index (χ1n) is 6.34. The third kappa shape index (κ3) is 3.70. The topological polar surface area (TPSA) is 71.2 Å². The number of carbonyl (C=O) groups excluding carboxylic acids is 1. The molecule has 18 heavy (non-hydrogen) atoms. The van der Waals surface area contributed by atoms with Gasteiger partial charge in [-0.25, -0.2) is 4.98 Å². The summed E-state index contributed by atoms with van der Waals surface area (Å²) in [5.41, 5.74) is 6.67. The maximum Gasteiger partial charge on any atom is 0.217 e. The van der Waals surface area contributed by atoms with Crippen molar-refractivity contribution in [3.63, 3.8) is 0 Å². The minimum Gasteiger partial charge on any atom is -0.384 e. The molecule has 0 unspecified atom stereocenters. The molecule has 1 amide bonds. The molecule has 0 saturated carbocycles. The molecule has 1 aliphatic rings. The average molecular weight is 248 g/mol. The first-order chi connectivity index (χ1) is 8.63. The number of nitrogens with zero attached hydrogens (tertiary/aromatic N) is 2. The number of nitrogens with two attached hydrogens (primary N) is 1. The number of piperidine rings is 1. The monoisotopic (exact) mass is 248 g/mol. The van der Waals surface area contributed by atoms with Crippen LogP contribution in [0.5, 0.6) is 0 Å². The van der Waals surface area contributed by atoms with Gasteiger partial charge in [-0.15, -0.1) is 0 Å². The normalized spacial score (nSPS) is 17.6. The predicted octanol–water partition coefficient (Wildman–Crippen LogP) is 0.764. The average Bonchev–Trinajstić information content (AvgIpc) is 2.31. The van der Waals surface area contributed by atoms with E-state index in [1.54, 1.807) is 13.0 Å². The van der Waals surface area contributed by atoms with Gasteiger partial charge in [0.2, 0.25) is 5.91 Å². The highest BCUT2D eigenvalue weighted by atomic mass is 16.1. The predicted molar refractivity (Wildman–Crippen MR) is 70.8 cm³/mol. The number of nitrogens with one attached hydrogen (secondary N) is 1. The van der Waals surface area contributed by atoms with Gasteiger partial charge in [0.05, 0.1) is 5.69 Å². The Balaban J connectivity index is 1.81. The minimum atomic E-state index is 0.0611. The van der Waals surface area contributed by atoms with E-state index in [1.165, 1.54) is 0 Å². The van der Waals surface area contributed by atoms with Crippen LogP contribution in [0.3, 0.4) is 0 Å². The molecule has 1 fully saturated rings. The summed E-state index contributed by atoms with van der Waals surface area (Å²) in [4.78, 5) is 17.6. The highest BCUT2D eigenvalue weighted by Gasteiger charge is 2.19. The molecule has 0 aliphatic carbocycles. The highest BCUT2D eigenvalue weighted by molar-refractivity contribution is 5.73. The summed E-state index contributed by atoms with van der Waals surface area (Å²) < 4.78 is 0. The van der Waals surface area contributed by atoms with Crippen molar-refractivity contribution in [2.75, 3.05) is 18.8 Å². The molecule has 0 atom stereocenters. The minimum absolute atomic E-state index is 0.0611. The van der Waals surface area contributed by atoms with Crippen LogP contribution in [0.2, 0.25) is 0 Å². The van der Waals surface area contributed by atoms with Crippen molar-refractivity contribution in [2.45, 2.75) is 32.4 Å². The molecule has 3 N–H and O–H groups in total. The lowest BCUT2D eigenvalue weighted by molar-refractivity contribution is -0.119. The van der Waals surface area contributed by atoms with Gasteiger partial charge < -0.3 is 11.1 Å². The summed E-state index contributed by atoms with van der Waals surface area (Å²) in [6, 6.07) is 6.05. The number of rotatable bonds is 3. The van der Waals surface area contributed by atoms with E-state index in [-0.39, 0.29) is 5.91 Å². The number of amides is 1. The van der Waals surface area contributed by atoms with Crippen LogP contribution < -0.4 is 11.1 Å². The lowest BCUT2D eigenvalue weighted by atomic mass is 10.0. The zero-order chi connectivity index (χ0) is 13.0. The van der Waals surface area contributed by atoms with E-state index in [9.17, 15) is 4.79 Å². The van der Waals surface area contributed by atoms with Gasteiger partial charge in [0.1, 0.15) is 5.82 Å². The van der Waals surface area contributed by atoms with Crippen LogP contribution in [-0.4, -0.2) is 34.9 Å². The van der Waals surface area contributed by atoms with Crippen molar-refractivity contribution >= 4 is 11.7 Å². The summed E-state index contributed by atoms with van der Waals surface area (Å²) in [6.45, 7) is 4.38. The summed E-state index contributed by atoms with van der Waals surface area (Å²) in [7, 11) is 0. The first-order valence-corrected chi connectivity index (χ1v) is 6.34. The lowest BCUT2D eigenvalue weighted by Crippen LogP contribution is -2.43. The van der Waals surface area contributed by atoms with Crippen molar-refractivity contribution in [3.05, 3.63) is 23.9 Å². The van der Waals surface area contributed by atoms with Crippen molar-refractivity contribution in [1.82, 2.24) is 15.2 Å². The Kier molecular flexibility index (Phi) is 4.15. The fourth-order valence-corrected chi connectivity index (χ4v) is 2.34. The third-order valence-corrected chi connectivity index (χ3v) is 3.21. The van der Waals surface area contributed by atoms with Crippen molar-refractivity contribution in [1.29, 1.82) is 0 Å². The number of anilines is 1. The molecule has 5 nitrogen and oxygen atoms in total. The molecule has 2 heterocycles. The fraction of sp³-hybridized carbons (Fsp3) is 0.538. The van der Waals surface area contributed by atoms with E-state index < -0.39 is 0 Å². The highest BCUT2D eigenvalue weighted by Crippen LogP contribution is 2.13. The van der Waals surface area contributed by atoms with Crippen molar-refractivity contribution in [2.24, 2.45) is 0 Å². The Morgan fingerprint density at radius 1 is 1.50 bits per heavy atom. The standard InChI is InChI=1S/C13H20N4O/c1-10(18)15-11-5-7-17(8-6-11)9-12-3-2-4-13(14)16-12/h2-4,11H,5-9H2,1H3,(H2,14,16)(H,15,18). The Labute approximate surface area is 107 Å². The van der Waals surface area contributed by atoms with Gasteiger partial charge in [0.25, 0.3) is 0 Å². The number of nitrogen functional groups attached to an aromatic ring is 1. The molecule has 2 rings (SSSR count). The van der Waals surface area contributed by atoms with Crippen LogP contribution in [0.1, 0.15) is 25.5 Å². The van der Waals surface area contributed by atoms with Gasteiger partial charge in [-0.2, -0.15) is 0 Å². The van der Waals surface area contributed by atoms with Crippen molar-refractivity contribution in [3.8, 4) is 0 Å². The summed E-state index contributed by atoms with van der Waals surface area (Å²) >= 11 is 0. The van der Waals surface area contributed by atoms with Crippen molar-refractivity contribution < 1.29 is 4.79 Å². The molecule has 0 radical (unpaired) electrons. The number of pyridine rings is 1. The number of carbonyl (C=O) groups is 1. The number of hydrogen-bond acceptors (Lipinski definition) is 4. The van der Waals surface area contributed by atoms with E-state index in [0.717, 1.165) is 38.2 Å². The third-order valence-electron chi connectivity index (χ3n) is 3.21. The van der Waals surface area contributed by atoms with Crippen LogP contribution in [0, 0.1) is 0 Å². The van der Waals surface area contributed by atoms with Gasteiger partial charge in [-0.1, -0.05) is 6.07 Å². The molecule has 98 valence electrons. The Morgan fingerprint density at radius 3 is 2.83 bits per heavy atom. The molecule has 5 heteroatoms. The van der Waals surface area contributed by atoms with Gasteiger partial charge in [0, 0.05) is 32.6 Å². The molecule has 1 aromatic rings. The molecule has 1 aliphatic heterocycles.